The van der Waals surface area contributed by atoms with Crippen molar-refractivity contribution in [2.45, 2.75) is 44.7 Å². The fourth-order valence-corrected chi connectivity index (χ4v) is 4.09. The Hall–Kier alpha value is -0.420. The van der Waals surface area contributed by atoms with Crippen molar-refractivity contribution in [3.63, 3.8) is 0 Å². The number of aliphatic hydroxyl groups is 1. The zero-order valence-electron chi connectivity index (χ0n) is 11.1. The number of hydrogen-bond acceptors (Lipinski definition) is 4. The summed E-state index contributed by atoms with van der Waals surface area (Å²) in [7, 11) is 0. The highest BCUT2D eigenvalue weighted by atomic mass is 32.1. The lowest BCUT2D eigenvalue weighted by Crippen LogP contribution is -2.37. The molecule has 1 saturated heterocycles. The summed E-state index contributed by atoms with van der Waals surface area (Å²) in [5.41, 5.74) is 7.38. The van der Waals surface area contributed by atoms with E-state index in [4.69, 9.17) is 10.8 Å². The van der Waals surface area contributed by atoms with Crippen molar-refractivity contribution in [1.82, 2.24) is 4.90 Å². The molecule has 1 aliphatic heterocycles. The maximum Gasteiger partial charge on any atom is 0.0569 e. The average molecular weight is 268 g/mol. The fourth-order valence-electron chi connectivity index (χ4n) is 3.02. The molecule has 0 aromatic carbocycles. The van der Waals surface area contributed by atoms with Crippen LogP contribution < -0.4 is 5.73 Å². The number of thiophene rings is 1. The monoisotopic (exact) mass is 268 g/mol. The second-order valence-corrected chi connectivity index (χ2v) is 6.07. The van der Waals surface area contributed by atoms with Gasteiger partial charge >= 0.3 is 0 Å². The van der Waals surface area contributed by atoms with E-state index in [1.54, 1.807) is 0 Å². The predicted octanol–water partition coefficient (Wildman–Crippen LogP) is 2.29. The first-order chi connectivity index (χ1) is 8.77. The third-order valence-corrected chi connectivity index (χ3v) is 5.07. The highest BCUT2D eigenvalue weighted by Crippen LogP contribution is 2.34. The summed E-state index contributed by atoms with van der Waals surface area (Å²) in [6.45, 7) is 4.31. The van der Waals surface area contributed by atoms with Crippen molar-refractivity contribution in [3.8, 4) is 0 Å². The zero-order valence-corrected chi connectivity index (χ0v) is 12.0. The van der Waals surface area contributed by atoms with Crippen LogP contribution in [-0.4, -0.2) is 35.7 Å². The van der Waals surface area contributed by atoms with Gasteiger partial charge in [-0.25, -0.2) is 0 Å². The number of nitrogens with two attached hydrogens (primary N) is 1. The first kappa shape index (κ1) is 14.0. The summed E-state index contributed by atoms with van der Waals surface area (Å²) in [6.07, 6.45) is 4.51. The van der Waals surface area contributed by atoms with E-state index in [9.17, 15) is 0 Å². The molecule has 0 saturated carbocycles. The lowest BCUT2D eigenvalue weighted by Gasteiger charge is -2.32. The quantitative estimate of drug-likeness (QED) is 0.832. The van der Waals surface area contributed by atoms with E-state index in [0.717, 1.165) is 19.4 Å². The van der Waals surface area contributed by atoms with E-state index in [-0.39, 0.29) is 0 Å². The standard InChI is InChI=1S/C14H24N2OS/c1-11-6-9-18-14(11)13(10-15)16-7-2-4-12(16)5-3-8-17/h6,9,12-13,17H,2-5,7-8,10,15H2,1H3. The third kappa shape index (κ3) is 2.94. The van der Waals surface area contributed by atoms with Crippen LogP contribution in [0, 0.1) is 6.92 Å². The van der Waals surface area contributed by atoms with Crippen LogP contribution in [0.3, 0.4) is 0 Å². The average Bonchev–Trinajstić information content (AvgIpc) is 2.99. The van der Waals surface area contributed by atoms with Gasteiger partial charge in [0.25, 0.3) is 0 Å². The van der Waals surface area contributed by atoms with Crippen LogP contribution in [0.1, 0.15) is 42.2 Å². The van der Waals surface area contributed by atoms with Crippen LogP contribution in [0.15, 0.2) is 11.4 Å². The molecule has 1 aliphatic rings. The summed E-state index contributed by atoms with van der Waals surface area (Å²) in [4.78, 5) is 3.99. The lowest BCUT2D eigenvalue weighted by molar-refractivity contribution is 0.167. The van der Waals surface area contributed by atoms with Gasteiger partial charge in [0.1, 0.15) is 0 Å². The minimum absolute atomic E-state index is 0.301. The van der Waals surface area contributed by atoms with Gasteiger partial charge < -0.3 is 10.8 Å². The van der Waals surface area contributed by atoms with Crippen LogP contribution in [0.2, 0.25) is 0 Å². The summed E-state index contributed by atoms with van der Waals surface area (Å²) in [5, 5.41) is 11.2. The van der Waals surface area contributed by atoms with Crippen molar-refractivity contribution >= 4 is 11.3 Å². The number of aryl methyl sites for hydroxylation is 1. The van der Waals surface area contributed by atoms with Gasteiger partial charge in [-0.15, -0.1) is 11.3 Å². The number of rotatable bonds is 6. The van der Waals surface area contributed by atoms with Crippen LogP contribution in [-0.2, 0) is 0 Å². The second kappa shape index (κ2) is 6.66. The van der Waals surface area contributed by atoms with Crippen molar-refractivity contribution in [1.29, 1.82) is 0 Å². The molecular formula is C14H24N2OS. The first-order valence-corrected chi connectivity index (χ1v) is 7.76. The van der Waals surface area contributed by atoms with Gasteiger partial charge in [-0.2, -0.15) is 0 Å². The SMILES string of the molecule is Cc1ccsc1C(CN)N1CCCC1CCCO. The maximum absolute atomic E-state index is 9.00. The number of hydrogen-bond donors (Lipinski definition) is 2. The molecule has 3 nitrogen and oxygen atoms in total. The van der Waals surface area contributed by atoms with Gasteiger partial charge in [-0.1, -0.05) is 0 Å². The highest BCUT2D eigenvalue weighted by molar-refractivity contribution is 7.10. The Morgan fingerprint density at radius 1 is 1.61 bits per heavy atom. The number of aliphatic hydroxyl groups excluding tert-OH is 1. The van der Waals surface area contributed by atoms with E-state index in [1.807, 2.05) is 11.3 Å². The summed E-state index contributed by atoms with van der Waals surface area (Å²) >= 11 is 1.82. The van der Waals surface area contributed by atoms with Gasteiger partial charge in [0.2, 0.25) is 0 Å². The molecule has 0 bridgehead atoms. The molecule has 0 spiro atoms. The summed E-state index contributed by atoms with van der Waals surface area (Å²) in [6, 6.07) is 3.16. The normalized spacial score (nSPS) is 22.5. The lowest BCUT2D eigenvalue weighted by atomic mass is 10.1. The zero-order chi connectivity index (χ0) is 13.0. The van der Waals surface area contributed by atoms with Gasteiger partial charge in [0.15, 0.2) is 0 Å². The van der Waals surface area contributed by atoms with Gasteiger partial charge in [-0.3, -0.25) is 4.90 Å². The molecule has 1 aromatic heterocycles. The smallest absolute Gasteiger partial charge is 0.0569 e. The minimum Gasteiger partial charge on any atom is -0.396 e. The second-order valence-electron chi connectivity index (χ2n) is 5.12. The number of likely N-dealkylation sites (tertiary alicyclic amines) is 1. The van der Waals surface area contributed by atoms with Crippen LogP contribution in [0.25, 0.3) is 0 Å². The molecule has 2 rings (SSSR count). The molecule has 1 fully saturated rings. The minimum atomic E-state index is 0.301. The number of nitrogens with zero attached hydrogens (tertiary/aromatic N) is 1. The largest absolute Gasteiger partial charge is 0.396 e. The maximum atomic E-state index is 9.00. The van der Waals surface area contributed by atoms with Crippen LogP contribution >= 0.6 is 11.3 Å². The first-order valence-electron chi connectivity index (χ1n) is 6.88. The molecule has 2 unspecified atom stereocenters. The molecule has 3 N–H and O–H groups in total. The topological polar surface area (TPSA) is 49.5 Å². The van der Waals surface area contributed by atoms with Crippen LogP contribution in [0.5, 0.6) is 0 Å². The van der Waals surface area contributed by atoms with E-state index >= 15 is 0 Å². The Kier molecular flexibility index (Phi) is 5.18. The van der Waals surface area contributed by atoms with E-state index < -0.39 is 0 Å². The molecule has 2 atom stereocenters. The Balaban J connectivity index is 2.09. The van der Waals surface area contributed by atoms with Crippen molar-refractivity contribution in [2.24, 2.45) is 5.73 Å². The Morgan fingerprint density at radius 2 is 2.44 bits per heavy atom. The van der Waals surface area contributed by atoms with E-state index in [0.29, 0.717) is 25.2 Å². The third-order valence-electron chi connectivity index (χ3n) is 3.95. The molecule has 4 heteroatoms. The summed E-state index contributed by atoms with van der Waals surface area (Å²) in [5.74, 6) is 0. The van der Waals surface area contributed by atoms with Crippen molar-refractivity contribution in [3.05, 3.63) is 21.9 Å². The van der Waals surface area contributed by atoms with Gasteiger partial charge in [-0.05, 0) is 56.2 Å². The molecule has 1 aromatic rings. The van der Waals surface area contributed by atoms with E-state index in [1.165, 1.54) is 23.3 Å². The van der Waals surface area contributed by atoms with Gasteiger partial charge in [0, 0.05) is 24.1 Å². The molecule has 18 heavy (non-hydrogen) atoms. The van der Waals surface area contributed by atoms with E-state index in [2.05, 4.69) is 23.3 Å². The Labute approximate surface area is 114 Å². The Bertz CT molecular complexity index is 366. The molecule has 102 valence electrons. The van der Waals surface area contributed by atoms with Crippen LogP contribution in [0.4, 0.5) is 0 Å². The molecular weight excluding hydrogens is 244 g/mol. The molecule has 0 radical (unpaired) electrons. The fraction of sp³-hybridized carbons (Fsp3) is 0.714. The predicted molar refractivity (Wildman–Crippen MR) is 76.9 cm³/mol. The molecule has 0 amide bonds. The summed E-state index contributed by atoms with van der Waals surface area (Å²) < 4.78 is 0. The molecule has 0 aliphatic carbocycles. The van der Waals surface area contributed by atoms with Crippen molar-refractivity contribution in [2.75, 3.05) is 19.7 Å². The molecule has 2 heterocycles. The highest BCUT2D eigenvalue weighted by Gasteiger charge is 2.31. The van der Waals surface area contributed by atoms with Crippen molar-refractivity contribution < 1.29 is 5.11 Å². The van der Waals surface area contributed by atoms with Gasteiger partial charge in [0.05, 0.1) is 6.04 Å². The Morgan fingerprint density at radius 3 is 3.06 bits per heavy atom.